The number of aromatic nitrogens is 1. The Bertz CT molecular complexity index is 996. The van der Waals surface area contributed by atoms with Gasteiger partial charge in [-0.1, -0.05) is 47.5 Å². The zero-order chi connectivity index (χ0) is 18.7. The van der Waals surface area contributed by atoms with Gasteiger partial charge in [-0.2, -0.15) is 0 Å². The minimum Gasteiger partial charge on any atom is -0.264 e. The smallest absolute Gasteiger partial charge is 0.160 e. The largest absolute Gasteiger partial charge is 0.264 e. The van der Waals surface area contributed by atoms with E-state index in [0.717, 1.165) is 33.5 Å². The highest BCUT2D eigenvalue weighted by Gasteiger charge is 2.14. The van der Waals surface area contributed by atoms with Gasteiger partial charge in [-0.15, -0.1) is 0 Å². The summed E-state index contributed by atoms with van der Waals surface area (Å²) in [6, 6.07) is 13.4. The van der Waals surface area contributed by atoms with Crippen molar-refractivity contribution in [3.05, 3.63) is 81.6 Å². The van der Waals surface area contributed by atoms with Crippen molar-refractivity contribution in [2.75, 3.05) is 0 Å². The highest BCUT2D eigenvalue weighted by molar-refractivity contribution is 6.43. The zero-order valence-corrected chi connectivity index (χ0v) is 16.0. The van der Waals surface area contributed by atoms with Crippen LogP contribution in [0, 0.1) is 13.8 Å². The van der Waals surface area contributed by atoms with Crippen LogP contribution >= 0.6 is 23.2 Å². The Morgan fingerprint density at radius 2 is 1.81 bits per heavy atom. The Kier molecular flexibility index (Phi) is 5.50. The molecular weight excluding hydrogens is 365 g/mol. The van der Waals surface area contributed by atoms with Gasteiger partial charge in [-0.05, 0) is 55.5 Å². The maximum atomic E-state index is 6.42. The third-order valence-corrected chi connectivity index (χ3v) is 4.98. The van der Waals surface area contributed by atoms with Crippen LogP contribution in [0.5, 0.6) is 0 Å². The Hall–Kier alpha value is -2.49. The average Bonchev–Trinajstić information content (AvgIpc) is 2.65. The van der Waals surface area contributed by atoms with Crippen LogP contribution in [-0.2, 0) is 0 Å². The maximum absolute atomic E-state index is 6.42. The number of amidine groups is 1. The molecule has 0 radical (unpaired) electrons. The van der Waals surface area contributed by atoms with Crippen LogP contribution in [0.15, 0.2) is 64.8 Å². The van der Waals surface area contributed by atoms with Crippen LogP contribution < -0.4 is 0 Å². The molecule has 1 aromatic heterocycles. The predicted octanol–water partition coefficient (Wildman–Crippen LogP) is 6.45. The minimum atomic E-state index is 0.526. The van der Waals surface area contributed by atoms with Gasteiger partial charge >= 0.3 is 0 Å². The number of halogens is 2. The van der Waals surface area contributed by atoms with Crippen LogP contribution in [0.25, 0.3) is 11.1 Å². The van der Waals surface area contributed by atoms with E-state index in [1.54, 1.807) is 18.5 Å². The van der Waals surface area contributed by atoms with E-state index >= 15 is 0 Å². The van der Waals surface area contributed by atoms with Gasteiger partial charge in [0.25, 0.3) is 0 Å². The molecule has 26 heavy (non-hydrogen) atoms. The summed E-state index contributed by atoms with van der Waals surface area (Å²) in [6.07, 6.45) is 3.43. The highest BCUT2D eigenvalue weighted by Crippen LogP contribution is 2.39. The molecular formula is C21H17Cl2N3. The summed E-state index contributed by atoms with van der Waals surface area (Å²) in [7, 11) is 0. The predicted molar refractivity (Wildman–Crippen MR) is 111 cm³/mol. The second kappa shape index (κ2) is 7.81. The van der Waals surface area contributed by atoms with E-state index in [1.165, 1.54) is 0 Å². The van der Waals surface area contributed by atoms with E-state index in [1.807, 2.05) is 50.2 Å². The SMILES string of the molecule is C=NC(=Nc1c(C)ccc(-c2cccc(Cl)c2Cl)c1C)c1cccnc1. The first kappa shape index (κ1) is 18.3. The molecule has 5 heteroatoms. The molecule has 0 amide bonds. The molecule has 130 valence electrons. The molecule has 0 spiro atoms. The first-order valence-electron chi connectivity index (χ1n) is 8.03. The van der Waals surface area contributed by atoms with Gasteiger partial charge in [0, 0.05) is 23.5 Å². The standard InChI is InChI=1S/C21H17Cl2N3/c1-13-9-10-16(17-7-4-8-18(22)19(17)23)14(2)20(13)26-21(24-3)15-6-5-11-25-12-15/h4-12H,3H2,1-2H3. The average molecular weight is 382 g/mol. The molecule has 0 saturated heterocycles. The van der Waals surface area contributed by atoms with Gasteiger partial charge in [0.15, 0.2) is 5.84 Å². The maximum Gasteiger partial charge on any atom is 0.160 e. The molecule has 3 aromatic rings. The van der Waals surface area contributed by atoms with Gasteiger partial charge in [-0.25, -0.2) is 9.98 Å². The van der Waals surface area contributed by atoms with Gasteiger partial charge in [0.05, 0.1) is 15.7 Å². The summed E-state index contributed by atoms with van der Waals surface area (Å²) in [5, 5.41) is 1.06. The first-order chi connectivity index (χ1) is 12.5. The normalized spacial score (nSPS) is 11.5. The van der Waals surface area contributed by atoms with Crippen LogP contribution in [0.4, 0.5) is 5.69 Å². The quantitative estimate of drug-likeness (QED) is 0.379. The molecule has 2 aromatic carbocycles. The summed E-state index contributed by atoms with van der Waals surface area (Å²) in [6.45, 7) is 7.68. The lowest BCUT2D eigenvalue weighted by Crippen LogP contribution is -1.98. The van der Waals surface area contributed by atoms with E-state index in [4.69, 9.17) is 28.2 Å². The molecule has 0 fully saturated rings. The molecule has 3 rings (SSSR count). The van der Waals surface area contributed by atoms with E-state index < -0.39 is 0 Å². The summed E-state index contributed by atoms with van der Waals surface area (Å²) >= 11 is 12.6. The Morgan fingerprint density at radius 1 is 1.00 bits per heavy atom. The summed E-state index contributed by atoms with van der Waals surface area (Å²) in [4.78, 5) is 13.0. The Balaban J connectivity index is 2.19. The molecule has 0 aliphatic heterocycles. The van der Waals surface area contributed by atoms with Gasteiger partial charge in [-0.3, -0.25) is 4.98 Å². The van der Waals surface area contributed by atoms with E-state index in [0.29, 0.717) is 15.9 Å². The van der Waals surface area contributed by atoms with Gasteiger partial charge in [0.2, 0.25) is 0 Å². The van der Waals surface area contributed by atoms with E-state index in [2.05, 4.69) is 16.7 Å². The van der Waals surface area contributed by atoms with E-state index in [9.17, 15) is 0 Å². The number of hydrogen-bond acceptors (Lipinski definition) is 2. The van der Waals surface area contributed by atoms with Crippen molar-refractivity contribution < 1.29 is 0 Å². The number of aliphatic imine (C=N–C) groups is 2. The fourth-order valence-corrected chi connectivity index (χ4v) is 3.21. The molecule has 0 saturated carbocycles. The fraction of sp³-hybridized carbons (Fsp3) is 0.0952. The Labute approximate surface area is 163 Å². The van der Waals surface area contributed by atoms with Crippen molar-refractivity contribution in [2.24, 2.45) is 9.98 Å². The zero-order valence-electron chi connectivity index (χ0n) is 14.5. The number of benzene rings is 2. The van der Waals surface area contributed by atoms with E-state index in [-0.39, 0.29) is 0 Å². The molecule has 0 aliphatic carbocycles. The number of aryl methyl sites for hydroxylation is 1. The summed E-state index contributed by atoms with van der Waals surface area (Å²) in [5.41, 5.74) is 5.55. The van der Waals surface area contributed by atoms with Crippen molar-refractivity contribution in [1.82, 2.24) is 4.98 Å². The van der Waals surface area contributed by atoms with Crippen LogP contribution in [-0.4, -0.2) is 17.5 Å². The van der Waals surface area contributed by atoms with Crippen molar-refractivity contribution in [1.29, 1.82) is 0 Å². The lowest BCUT2D eigenvalue weighted by atomic mass is 9.96. The number of hydrogen-bond donors (Lipinski definition) is 0. The van der Waals surface area contributed by atoms with Crippen LogP contribution in [0.1, 0.15) is 16.7 Å². The third-order valence-electron chi connectivity index (χ3n) is 4.16. The lowest BCUT2D eigenvalue weighted by Gasteiger charge is -2.14. The third kappa shape index (κ3) is 3.55. The van der Waals surface area contributed by atoms with Gasteiger partial charge in [0.1, 0.15) is 0 Å². The highest BCUT2D eigenvalue weighted by atomic mass is 35.5. The lowest BCUT2D eigenvalue weighted by molar-refractivity contribution is 1.29. The summed E-state index contributed by atoms with van der Waals surface area (Å²) in [5.74, 6) is 0.527. The number of nitrogens with zero attached hydrogens (tertiary/aromatic N) is 3. The van der Waals surface area contributed by atoms with Crippen LogP contribution in [0.3, 0.4) is 0 Å². The topological polar surface area (TPSA) is 37.6 Å². The van der Waals surface area contributed by atoms with Crippen molar-refractivity contribution in [2.45, 2.75) is 13.8 Å². The Morgan fingerprint density at radius 3 is 2.50 bits per heavy atom. The second-order valence-electron chi connectivity index (χ2n) is 5.84. The van der Waals surface area contributed by atoms with Crippen molar-refractivity contribution in [3.8, 4) is 11.1 Å². The van der Waals surface area contributed by atoms with Crippen molar-refractivity contribution in [3.63, 3.8) is 0 Å². The fourth-order valence-electron chi connectivity index (χ4n) is 2.80. The first-order valence-corrected chi connectivity index (χ1v) is 8.79. The number of pyridine rings is 1. The summed E-state index contributed by atoms with van der Waals surface area (Å²) < 4.78 is 0. The van der Waals surface area contributed by atoms with Crippen LogP contribution in [0.2, 0.25) is 10.0 Å². The molecule has 3 nitrogen and oxygen atoms in total. The molecule has 0 N–H and O–H groups in total. The molecule has 0 atom stereocenters. The molecule has 0 unspecified atom stereocenters. The monoisotopic (exact) mass is 381 g/mol. The molecule has 1 heterocycles. The number of rotatable bonds is 3. The second-order valence-corrected chi connectivity index (χ2v) is 6.63. The molecule has 0 bridgehead atoms. The minimum absolute atomic E-state index is 0.526. The van der Waals surface area contributed by atoms with Crippen molar-refractivity contribution >= 4 is 41.4 Å². The molecule has 0 aliphatic rings. The van der Waals surface area contributed by atoms with Gasteiger partial charge < -0.3 is 0 Å².